The van der Waals surface area contributed by atoms with E-state index in [1.165, 1.54) is 0 Å². The molecule has 0 fully saturated rings. The van der Waals surface area contributed by atoms with Gasteiger partial charge in [-0.2, -0.15) is 0 Å². The lowest BCUT2D eigenvalue weighted by Gasteiger charge is -2.09. The highest BCUT2D eigenvalue weighted by Gasteiger charge is 2.10. The van der Waals surface area contributed by atoms with Gasteiger partial charge in [-0.15, -0.1) is 0 Å². The molecule has 90 valence electrons. The lowest BCUT2D eigenvalue weighted by Crippen LogP contribution is -2.25. The van der Waals surface area contributed by atoms with Crippen LogP contribution in [0.1, 0.15) is 13.8 Å². The van der Waals surface area contributed by atoms with E-state index in [1.54, 1.807) is 31.2 Å². The quantitative estimate of drug-likeness (QED) is 0.815. The van der Waals surface area contributed by atoms with Gasteiger partial charge in [0.15, 0.2) is 9.84 Å². The van der Waals surface area contributed by atoms with E-state index in [9.17, 15) is 8.42 Å². The van der Waals surface area contributed by atoms with E-state index in [0.717, 1.165) is 5.69 Å². The van der Waals surface area contributed by atoms with E-state index < -0.39 is 9.84 Å². The highest BCUT2D eigenvalue weighted by molar-refractivity contribution is 7.91. The Kier molecular flexibility index (Phi) is 4.32. The van der Waals surface area contributed by atoms with E-state index in [0.29, 0.717) is 11.4 Å². The number of nitrogens with two attached hydrogens (primary N) is 1. The van der Waals surface area contributed by atoms with Crippen LogP contribution in [-0.2, 0) is 9.84 Å². The highest BCUT2D eigenvalue weighted by atomic mass is 32.2. The topological polar surface area (TPSA) is 72.2 Å². The van der Waals surface area contributed by atoms with Crippen LogP contribution in [0.15, 0.2) is 29.2 Å². The van der Waals surface area contributed by atoms with Crippen molar-refractivity contribution in [1.82, 2.24) is 0 Å². The zero-order valence-electron chi connectivity index (χ0n) is 9.60. The number of hydrogen-bond donors (Lipinski definition) is 2. The Hall–Kier alpha value is -1.07. The van der Waals surface area contributed by atoms with Gasteiger partial charge >= 0.3 is 0 Å². The molecule has 0 spiro atoms. The van der Waals surface area contributed by atoms with Crippen molar-refractivity contribution in [1.29, 1.82) is 0 Å². The Morgan fingerprint density at radius 1 is 1.31 bits per heavy atom. The molecule has 0 aliphatic rings. The van der Waals surface area contributed by atoms with Gasteiger partial charge < -0.3 is 11.1 Å². The smallest absolute Gasteiger partial charge is 0.178 e. The van der Waals surface area contributed by atoms with Gasteiger partial charge in [0.2, 0.25) is 0 Å². The second kappa shape index (κ2) is 5.32. The minimum Gasteiger partial charge on any atom is -0.383 e. The fourth-order valence-electron chi connectivity index (χ4n) is 1.23. The van der Waals surface area contributed by atoms with Gasteiger partial charge in [-0.3, -0.25) is 0 Å². The summed E-state index contributed by atoms with van der Waals surface area (Å²) in [5.74, 6) is 0.125. The van der Waals surface area contributed by atoms with Gasteiger partial charge in [-0.1, -0.05) is 6.92 Å². The predicted molar refractivity (Wildman–Crippen MR) is 66.3 cm³/mol. The first-order chi connectivity index (χ1) is 7.45. The molecule has 0 heterocycles. The number of sulfone groups is 1. The van der Waals surface area contributed by atoms with Crippen LogP contribution in [0.25, 0.3) is 0 Å². The Labute approximate surface area is 96.8 Å². The van der Waals surface area contributed by atoms with Crippen molar-refractivity contribution >= 4 is 15.5 Å². The molecule has 1 rings (SSSR count). The lowest BCUT2D eigenvalue weighted by atomic mass is 10.3. The molecule has 5 heteroatoms. The second-order valence-electron chi connectivity index (χ2n) is 3.79. The fourth-order valence-corrected chi connectivity index (χ4v) is 2.11. The summed E-state index contributed by atoms with van der Waals surface area (Å²) in [6.45, 7) is 4.21. The summed E-state index contributed by atoms with van der Waals surface area (Å²) in [4.78, 5) is 0.362. The van der Waals surface area contributed by atoms with E-state index in [1.807, 2.05) is 6.92 Å². The average molecular weight is 242 g/mol. The molecule has 4 nitrogen and oxygen atoms in total. The molecular weight excluding hydrogens is 224 g/mol. The van der Waals surface area contributed by atoms with E-state index >= 15 is 0 Å². The number of anilines is 1. The molecule has 3 N–H and O–H groups in total. The minimum atomic E-state index is -3.10. The summed E-state index contributed by atoms with van der Waals surface area (Å²) < 4.78 is 23.1. The molecule has 0 aliphatic heterocycles. The maximum absolute atomic E-state index is 11.5. The standard InChI is InChI=1S/C11H18N2O2S/c1-3-16(14,15)11-6-4-10(5-7-11)13-8-9(2)12/h4-7,9,13H,3,8,12H2,1-2H3. The van der Waals surface area contributed by atoms with Gasteiger partial charge in [0, 0.05) is 18.3 Å². The first-order valence-electron chi connectivity index (χ1n) is 5.28. The maximum Gasteiger partial charge on any atom is 0.178 e. The molecule has 0 bridgehead atoms. The molecule has 0 aliphatic carbocycles. The number of hydrogen-bond acceptors (Lipinski definition) is 4. The number of rotatable bonds is 5. The van der Waals surface area contributed by atoms with Crippen LogP contribution in [0, 0.1) is 0 Å². The SMILES string of the molecule is CCS(=O)(=O)c1ccc(NCC(C)N)cc1. The average Bonchev–Trinajstić information content (AvgIpc) is 2.27. The summed E-state index contributed by atoms with van der Waals surface area (Å²) in [6.07, 6.45) is 0. The first kappa shape index (κ1) is 13.0. The van der Waals surface area contributed by atoms with E-state index in [4.69, 9.17) is 5.73 Å². The molecule has 1 unspecified atom stereocenters. The third-order valence-corrected chi connectivity index (χ3v) is 3.97. The zero-order valence-corrected chi connectivity index (χ0v) is 10.4. The second-order valence-corrected chi connectivity index (χ2v) is 6.06. The van der Waals surface area contributed by atoms with Crippen LogP contribution in [0.2, 0.25) is 0 Å². The zero-order chi connectivity index (χ0) is 12.2. The van der Waals surface area contributed by atoms with Crippen molar-refractivity contribution in [2.24, 2.45) is 5.73 Å². The monoisotopic (exact) mass is 242 g/mol. The largest absolute Gasteiger partial charge is 0.383 e. The predicted octanol–water partition coefficient (Wildman–Crippen LogP) is 1.24. The van der Waals surface area contributed by atoms with Crippen molar-refractivity contribution in [3.63, 3.8) is 0 Å². The Morgan fingerprint density at radius 3 is 2.31 bits per heavy atom. The lowest BCUT2D eigenvalue weighted by molar-refractivity contribution is 0.597. The molecule has 1 aromatic carbocycles. The van der Waals surface area contributed by atoms with Crippen molar-refractivity contribution in [3.8, 4) is 0 Å². The van der Waals surface area contributed by atoms with Gasteiger partial charge in [0.25, 0.3) is 0 Å². The van der Waals surface area contributed by atoms with Crippen LogP contribution in [0.5, 0.6) is 0 Å². The third-order valence-electron chi connectivity index (χ3n) is 2.22. The molecule has 0 radical (unpaired) electrons. The molecular formula is C11H18N2O2S. The van der Waals surface area contributed by atoms with Crippen LogP contribution >= 0.6 is 0 Å². The summed E-state index contributed by atoms with van der Waals surface area (Å²) in [5, 5.41) is 3.12. The summed E-state index contributed by atoms with van der Waals surface area (Å²) >= 11 is 0. The maximum atomic E-state index is 11.5. The van der Waals surface area contributed by atoms with Gasteiger partial charge in [0.05, 0.1) is 10.6 Å². The Morgan fingerprint density at radius 2 is 1.88 bits per heavy atom. The van der Waals surface area contributed by atoms with Gasteiger partial charge in [-0.05, 0) is 31.2 Å². The molecule has 0 saturated carbocycles. The van der Waals surface area contributed by atoms with Gasteiger partial charge in [0.1, 0.15) is 0 Å². The van der Waals surface area contributed by atoms with Crippen molar-refractivity contribution in [2.75, 3.05) is 17.6 Å². The minimum absolute atomic E-state index is 0.0686. The molecule has 0 saturated heterocycles. The molecule has 1 atom stereocenters. The molecule has 16 heavy (non-hydrogen) atoms. The van der Waals surface area contributed by atoms with Crippen LogP contribution in [-0.4, -0.2) is 26.8 Å². The third kappa shape index (κ3) is 3.50. The summed E-state index contributed by atoms with van der Waals surface area (Å²) in [7, 11) is -3.10. The molecule has 0 aromatic heterocycles. The van der Waals surface area contributed by atoms with Crippen molar-refractivity contribution in [2.45, 2.75) is 24.8 Å². The van der Waals surface area contributed by atoms with Crippen LogP contribution in [0.3, 0.4) is 0 Å². The highest BCUT2D eigenvalue weighted by Crippen LogP contribution is 2.15. The van der Waals surface area contributed by atoms with E-state index in [2.05, 4.69) is 5.32 Å². The summed E-state index contributed by atoms with van der Waals surface area (Å²) in [5.41, 5.74) is 6.48. The van der Waals surface area contributed by atoms with Crippen LogP contribution in [0.4, 0.5) is 5.69 Å². The molecule has 1 aromatic rings. The number of benzene rings is 1. The van der Waals surface area contributed by atoms with Crippen molar-refractivity contribution in [3.05, 3.63) is 24.3 Å². The number of nitrogens with one attached hydrogen (secondary N) is 1. The molecule has 0 amide bonds. The Balaban J connectivity index is 2.76. The van der Waals surface area contributed by atoms with E-state index in [-0.39, 0.29) is 11.8 Å². The summed E-state index contributed by atoms with van der Waals surface area (Å²) in [6, 6.07) is 6.81. The normalized spacial score (nSPS) is 13.4. The fraction of sp³-hybridized carbons (Fsp3) is 0.455. The van der Waals surface area contributed by atoms with Gasteiger partial charge in [-0.25, -0.2) is 8.42 Å². The first-order valence-corrected chi connectivity index (χ1v) is 6.93. The Bertz CT molecular complexity index is 424. The van der Waals surface area contributed by atoms with Crippen molar-refractivity contribution < 1.29 is 8.42 Å². The van der Waals surface area contributed by atoms with Crippen LogP contribution < -0.4 is 11.1 Å².